The molecule has 0 unspecified atom stereocenters. The molecule has 0 aliphatic heterocycles. The molecule has 1 heterocycles. The van der Waals surface area contributed by atoms with E-state index in [4.69, 9.17) is 5.73 Å². The smallest absolute Gasteiger partial charge is 0.135 e. The summed E-state index contributed by atoms with van der Waals surface area (Å²) < 4.78 is 0. The standard InChI is InChI=1S/C16H22N4/c1-10(2)15-19-14(17)12(4)16(20-15)18-9-13-8-6-5-7-11(13)3/h5-8,10H,9H2,1-4H3,(H3,17,18,19,20). The first kappa shape index (κ1) is 14.3. The second-order valence-corrected chi connectivity index (χ2v) is 5.38. The van der Waals surface area contributed by atoms with Crippen LogP contribution in [-0.2, 0) is 6.54 Å². The van der Waals surface area contributed by atoms with Gasteiger partial charge in [0.2, 0.25) is 0 Å². The molecule has 0 bridgehead atoms. The van der Waals surface area contributed by atoms with Crippen molar-refractivity contribution in [3.8, 4) is 0 Å². The van der Waals surface area contributed by atoms with Crippen LogP contribution in [0.4, 0.5) is 11.6 Å². The Balaban J connectivity index is 2.23. The van der Waals surface area contributed by atoms with E-state index in [1.54, 1.807) is 0 Å². The number of rotatable bonds is 4. The average molecular weight is 270 g/mol. The molecule has 4 heteroatoms. The maximum atomic E-state index is 5.97. The van der Waals surface area contributed by atoms with Crippen LogP contribution >= 0.6 is 0 Å². The summed E-state index contributed by atoms with van der Waals surface area (Å²) in [4.78, 5) is 8.91. The summed E-state index contributed by atoms with van der Waals surface area (Å²) in [5, 5.41) is 3.38. The SMILES string of the molecule is Cc1ccccc1CNc1nc(C(C)C)nc(N)c1C. The van der Waals surface area contributed by atoms with Crippen LogP contribution in [0.15, 0.2) is 24.3 Å². The van der Waals surface area contributed by atoms with E-state index in [1.165, 1.54) is 11.1 Å². The molecule has 1 aromatic heterocycles. The predicted octanol–water partition coefficient (Wildman–Crippen LogP) is 3.41. The minimum absolute atomic E-state index is 0.261. The number of anilines is 2. The molecule has 3 N–H and O–H groups in total. The van der Waals surface area contributed by atoms with E-state index in [1.807, 2.05) is 19.1 Å². The van der Waals surface area contributed by atoms with Gasteiger partial charge in [0, 0.05) is 18.0 Å². The van der Waals surface area contributed by atoms with Crippen molar-refractivity contribution >= 4 is 11.6 Å². The second kappa shape index (κ2) is 5.90. The summed E-state index contributed by atoms with van der Waals surface area (Å²) in [6.45, 7) is 8.92. The van der Waals surface area contributed by atoms with E-state index < -0.39 is 0 Å². The Labute approximate surface area is 120 Å². The van der Waals surface area contributed by atoms with Gasteiger partial charge in [-0.05, 0) is 25.0 Å². The first-order valence-corrected chi connectivity index (χ1v) is 6.91. The first-order chi connectivity index (χ1) is 9.49. The van der Waals surface area contributed by atoms with Crippen molar-refractivity contribution in [3.63, 3.8) is 0 Å². The van der Waals surface area contributed by atoms with Gasteiger partial charge in [-0.2, -0.15) is 0 Å². The fourth-order valence-electron chi connectivity index (χ4n) is 1.97. The van der Waals surface area contributed by atoms with E-state index in [0.29, 0.717) is 5.82 Å². The maximum Gasteiger partial charge on any atom is 0.135 e. The van der Waals surface area contributed by atoms with Crippen LogP contribution in [0, 0.1) is 13.8 Å². The molecule has 1 aromatic carbocycles. The average Bonchev–Trinajstić information content (AvgIpc) is 2.41. The van der Waals surface area contributed by atoms with Gasteiger partial charge in [-0.15, -0.1) is 0 Å². The Kier molecular flexibility index (Phi) is 4.23. The normalized spacial score (nSPS) is 10.8. The van der Waals surface area contributed by atoms with Gasteiger partial charge in [0.05, 0.1) is 0 Å². The lowest BCUT2D eigenvalue weighted by Gasteiger charge is -2.14. The van der Waals surface area contributed by atoms with Gasteiger partial charge in [-0.25, -0.2) is 9.97 Å². The molecular weight excluding hydrogens is 248 g/mol. The van der Waals surface area contributed by atoms with Gasteiger partial charge in [0.1, 0.15) is 17.5 Å². The lowest BCUT2D eigenvalue weighted by atomic mass is 10.1. The largest absolute Gasteiger partial charge is 0.383 e. The summed E-state index contributed by atoms with van der Waals surface area (Å²) in [5.74, 6) is 2.41. The van der Waals surface area contributed by atoms with Crippen LogP contribution in [0.1, 0.15) is 42.3 Å². The number of benzene rings is 1. The number of hydrogen-bond acceptors (Lipinski definition) is 4. The number of nitrogens with zero attached hydrogens (tertiary/aromatic N) is 2. The van der Waals surface area contributed by atoms with Crippen LogP contribution in [0.2, 0.25) is 0 Å². The molecule has 0 aliphatic carbocycles. The number of hydrogen-bond donors (Lipinski definition) is 2. The van der Waals surface area contributed by atoms with E-state index in [9.17, 15) is 0 Å². The van der Waals surface area contributed by atoms with Crippen molar-refractivity contribution in [2.45, 2.75) is 40.2 Å². The van der Waals surface area contributed by atoms with E-state index in [2.05, 4.69) is 48.2 Å². The van der Waals surface area contributed by atoms with Crippen molar-refractivity contribution < 1.29 is 0 Å². The van der Waals surface area contributed by atoms with Gasteiger partial charge in [0.25, 0.3) is 0 Å². The maximum absolute atomic E-state index is 5.97. The molecule has 0 atom stereocenters. The highest BCUT2D eigenvalue weighted by molar-refractivity contribution is 5.55. The summed E-state index contributed by atoms with van der Waals surface area (Å²) in [6.07, 6.45) is 0. The third kappa shape index (κ3) is 3.07. The molecular formula is C16H22N4. The fraction of sp³-hybridized carbons (Fsp3) is 0.375. The van der Waals surface area contributed by atoms with Crippen LogP contribution < -0.4 is 11.1 Å². The van der Waals surface area contributed by atoms with Gasteiger partial charge in [-0.3, -0.25) is 0 Å². The zero-order chi connectivity index (χ0) is 14.7. The molecule has 20 heavy (non-hydrogen) atoms. The Hall–Kier alpha value is -2.10. The topological polar surface area (TPSA) is 63.8 Å². The van der Waals surface area contributed by atoms with Crippen LogP contribution in [-0.4, -0.2) is 9.97 Å². The fourth-order valence-corrected chi connectivity index (χ4v) is 1.97. The minimum atomic E-state index is 0.261. The van der Waals surface area contributed by atoms with E-state index in [-0.39, 0.29) is 5.92 Å². The third-order valence-corrected chi connectivity index (χ3v) is 3.42. The highest BCUT2D eigenvalue weighted by Gasteiger charge is 2.11. The number of aryl methyl sites for hydroxylation is 1. The number of aromatic nitrogens is 2. The number of nitrogens with one attached hydrogen (secondary N) is 1. The summed E-state index contributed by atoms with van der Waals surface area (Å²) in [6, 6.07) is 8.32. The highest BCUT2D eigenvalue weighted by atomic mass is 15.1. The minimum Gasteiger partial charge on any atom is -0.383 e. The molecule has 0 saturated heterocycles. The van der Waals surface area contributed by atoms with Gasteiger partial charge in [-0.1, -0.05) is 38.1 Å². The molecule has 2 aromatic rings. The van der Waals surface area contributed by atoms with Crippen molar-refractivity contribution in [3.05, 3.63) is 46.8 Å². The predicted molar refractivity (Wildman–Crippen MR) is 83.8 cm³/mol. The van der Waals surface area contributed by atoms with E-state index >= 15 is 0 Å². The van der Waals surface area contributed by atoms with Gasteiger partial charge >= 0.3 is 0 Å². The Morgan fingerprint density at radius 1 is 1.15 bits per heavy atom. The molecule has 4 nitrogen and oxygen atoms in total. The summed E-state index contributed by atoms with van der Waals surface area (Å²) >= 11 is 0. The molecule has 106 valence electrons. The van der Waals surface area contributed by atoms with Gasteiger partial charge in [0.15, 0.2) is 0 Å². The van der Waals surface area contributed by atoms with Crippen LogP contribution in [0.3, 0.4) is 0 Å². The van der Waals surface area contributed by atoms with Gasteiger partial charge < -0.3 is 11.1 Å². The lowest BCUT2D eigenvalue weighted by molar-refractivity contribution is 0.774. The molecule has 2 rings (SSSR count). The monoisotopic (exact) mass is 270 g/mol. The second-order valence-electron chi connectivity index (χ2n) is 5.38. The number of nitrogens with two attached hydrogens (primary N) is 1. The number of nitrogen functional groups attached to an aromatic ring is 1. The molecule has 0 amide bonds. The van der Waals surface area contributed by atoms with Crippen LogP contribution in [0.25, 0.3) is 0 Å². The third-order valence-electron chi connectivity index (χ3n) is 3.42. The Morgan fingerprint density at radius 2 is 1.85 bits per heavy atom. The molecule has 0 aliphatic rings. The Bertz CT molecular complexity index is 605. The Morgan fingerprint density at radius 3 is 2.50 bits per heavy atom. The molecule has 0 fully saturated rings. The van der Waals surface area contributed by atoms with Crippen molar-refractivity contribution in [1.29, 1.82) is 0 Å². The highest BCUT2D eigenvalue weighted by Crippen LogP contribution is 2.21. The molecule has 0 radical (unpaired) electrons. The summed E-state index contributed by atoms with van der Waals surface area (Å²) in [7, 11) is 0. The molecule has 0 spiro atoms. The van der Waals surface area contributed by atoms with Crippen molar-refractivity contribution in [2.75, 3.05) is 11.1 Å². The summed E-state index contributed by atoms with van der Waals surface area (Å²) in [5.41, 5.74) is 9.40. The van der Waals surface area contributed by atoms with Crippen molar-refractivity contribution in [1.82, 2.24) is 9.97 Å². The van der Waals surface area contributed by atoms with Crippen molar-refractivity contribution in [2.24, 2.45) is 0 Å². The quantitative estimate of drug-likeness (QED) is 0.893. The zero-order valence-electron chi connectivity index (χ0n) is 12.6. The molecule has 0 saturated carbocycles. The van der Waals surface area contributed by atoms with Crippen LogP contribution in [0.5, 0.6) is 0 Å². The van der Waals surface area contributed by atoms with E-state index in [0.717, 1.165) is 23.8 Å². The first-order valence-electron chi connectivity index (χ1n) is 6.91. The zero-order valence-corrected chi connectivity index (χ0v) is 12.6. The lowest BCUT2D eigenvalue weighted by Crippen LogP contribution is -2.10.